The van der Waals surface area contributed by atoms with Gasteiger partial charge in [-0.25, -0.2) is 0 Å². The van der Waals surface area contributed by atoms with E-state index in [9.17, 15) is 46.0 Å². The highest BCUT2D eigenvalue weighted by molar-refractivity contribution is 5.18. The second kappa shape index (κ2) is 15.0. The van der Waals surface area contributed by atoms with Crippen molar-refractivity contribution >= 4 is 0 Å². The van der Waals surface area contributed by atoms with Gasteiger partial charge in [0.1, 0.15) is 48.8 Å². The highest BCUT2D eigenvalue weighted by Gasteiger charge is 2.71. The summed E-state index contributed by atoms with van der Waals surface area (Å²) in [6, 6.07) is 0. The average Bonchev–Trinajstić information content (AvgIpc) is 3.52. The molecule has 3 heterocycles. The van der Waals surface area contributed by atoms with Crippen molar-refractivity contribution in [2.75, 3.05) is 13.2 Å². The van der Waals surface area contributed by atoms with E-state index in [4.69, 9.17) is 23.7 Å². The molecule has 0 spiro atoms. The van der Waals surface area contributed by atoms with Gasteiger partial charge < -0.3 is 69.6 Å². The molecule has 7 aliphatic rings. The first-order valence-corrected chi connectivity index (χ1v) is 20.3. The molecule has 0 aromatic rings. The summed E-state index contributed by atoms with van der Waals surface area (Å²) in [5, 5.41) is 96.3. The van der Waals surface area contributed by atoms with Crippen molar-refractivity contribution < 1.29 is 69.6 Å². The third-order valence-electron chi connectivity index (χ3n) is 15.7. The van der Waals surface area contributed by atoms with Crippen molar-refractivity contribution in [1.82, 2.24) is 0 Å². The quantitative estimate of drug-likeness (QED) is 0.145. The number of fused-ring (bicyclic) bond motifs is 7. The zero-order valence-electron chi connectivity index (χ0n) is 31.9. The zero-order chi connectivity index (χ0) is 38.4. The van der Waals surface area contributed by atoms with Gasteiger partial charge in [-0.3, -0.25) is 0 Å². The predicted molar refractivity (Wildman–Crippen MR) is 186 cm³/mol. The zero-order valence-corrected chi connectivity index (χ0v) is 31.9. The molecule has 22 atom stereocenters. The largest absolute Gasteiger partial charge is 0.394 e. The highest BCUT2D eigenvalue weighted by Crippen LogP contribution is 2.71. The van der Waals surface area contributed by atoms with Gasteiger partial charge in [-0.2, -0.15) is 0 Å². The average molecular weight is 759 g/mol. The summed E-state index contributed by atoms with van der Waals surface area (Å²) in [7, 11) is 0. The van der Waals surface area contributed by atoms with Gasteiger partial charge in [0, 0.05) is 18.3 Å². The van der Waals surface area contributed by atoms with Gasteiger partial charge in [-0.05, 0) is 91.8 Å². The Bertz CT molecular complexity index is 1270. The molecule has 0 bridgehead atoms. The van der Waals surface area contributed by atoms with Crippen LogP contribution < -0.4 is 0 Å². The van der Waals surface area contributed by atoms with Crippen LogP contribution in [0, 0.1) is 52.3 Å². The number of aliphatic hydroxyl groups is 9. The molecule has 4 saturated carbocycles. The maximum absolute atomic E-state index is 12.0. The van der Waals surface area contributed by atoms with Crippen LogP contribution in [-0.4, -0.2) is 145 Å². The fourth-order valence-corrected chi connectivity index (χ4v) is 12.7. The molecular formula is C39H66O14. The van der Waals surface area contributed by atoms with Crippen molar-refractivity contribution in [2.45, 2.75) is 178 Å². The molecule has 0 aromatic heterocycles. The van der Waals surface area contributed by atoms with E-state index in [0.717, 1.165) is 38.5 Å². The lowest BCUT2D eigenvalue weighted by molar-refractivity contribution is -0.373. The summed E-state index contributed by atoms with van der Waals surface area (Å²) >= 11 is 0. The van der Waals surface area contributed by atoms with Gasteiger partial charge in [-0.1, -0.05) is 34.6 Å². The third kappa shape index (κ3) is 6.66. The summed E-state index contributed by atoms with van der Waals surface area (Å²) in [5.74, 6) is 0.445. The molecule has 14 heteroatoms. The molecule has 9 N–H and O–H groups in total. The maximum atomic E-state index is 12.0. The molecule has 0 amide bonds. The molecule has 0 aromatic carbocycles. The van der Waals surface area contributed by atoms with Crippen molar-refractivity contribution in [3.05, 3.63) is 0 Å². The topological polar surface area (TPSA) is 228 Å². The van der Waals surface area contributed by atoms with E-state index in [0.29, 0.717) is 42.9 Å². The van der Waals surface area contributed by atoms with Gasteiger partial charge in [0.05, 0.1) is 31.5 Å². The number of ether oxygens (including phenoxy) is 5. The smallest absolute Gasteiger partial charge is 0.187 e. The maximum Gasteiger partial charge on any atom is 0.187 e. The van der Waals surface area contributed by atoms with Crippen LogP contribution in [-0.2, 0) is 23.7 Å². The molecule has 14 nitrogen and oxygen atoms in total. The van der Waals surface area contributed by atoms with Crippen LogP contribution in [0.25, 0.3) is 0 Å². The van der Waals surface area contributed by atoms with E-state index in [1.54, 1.807) is 0 Å². The van der Waals surface area contributed by atoms with E-state index in [1.807, 2.05) is 0 Å². The highest BCUT2D eigenvalue weighted by atomic mass is 16.8. The Morgan fingerprint density at radius 1 is 0.717 bits per heavy atom. The minimum Gasteiger partial charge on any atom is -0.394 e. The second-order valence-corrected chi connectivity index (χ2v) is 18.8. The lowest BCUT2D eigenvalue weighted by Crippen LogP contribution is -2.65. The van der Waals surface area contributed by atoms with Crippen molar-refractivity contribution in [3.63, 3.8) is 0 Å². The Morgan fingerprint density at radius 3 is 2.02 bits per heavy atom. The van der Waals surface area contributed by atoms with Crippen LogP contribution in [0.5, 0.6) is 0 Å². The normalized spacial score (nSPS) is 56.8. The van der Waals surface area contributed by atoms with Gasteiger partial charge in [0.15, 0.2) is 18.4 Å². The summed E-state index contributed by atoms with van der Waals surface area (Å²) < 4.78 is 30.4. The van der Waals surface area contributed by atoms with Crippen LogP contribution in [0.3, 0.4) is 0 Å². The summed E-state index contributed by atoms with van der Waals surface area (Å²) in [6.45, 7) is 9.90. The van der Waals surface area contributed by atoms with E-state index < -0.39 is 86.5 Å². The van der Waals surface area contributed by atoms with Crippen LogP contribution in [0.15, 0.2) is 0 Å². The molecule has 0 unspecified atom stereocenters. The van der Waals surface area contributed by atoms with E-state index in [1.165, 1.54) is 0 Å². The lowest BCUT2D eigenvalue weighted by Gasteiger charge is -2.61. The molecule has 306 valence electrons. The summed E-state index contributed by atoms with van der Waals surface area (Å²) in [6.07, 6.45) is -8.50. The predicted octanol–water partition coefficient (Wildman–Crippen LogP) is 0.395. The Morgan fingerprint density at radius 2 is 1.36 bits per heavy atom. The molecule has 7 fully saturated rings. The minimum atomic E-state index is -1.74. The standard InChI is InChI=1S/C39H66O14/c1-17(2)8-13-39(48)18(3)25-33(53-39)29(44)26-21-7-6-19-14-20(9-11-37(19,4)22(21)10-12-38(25,26)5)49-36-34(31(46)28(43)24(16-41)51-36)52-35-32(47)30(45)27(42)23(15-40)50-35/h17-36,40-48H,6-16H2,1-5H3/t18-,19+,20+,21+,22-,23-,24+,25-,26+,27-,28+,29-,30+,31-,32+,33+,34+,35+,36+,37-,38+,39+/m1/s1. The number of hydrogen-bond acceptors (Lipinski definition) is 14. The Labute approximate surface area is 312 Å². The van der Waals surface area contributed by atoms with E-state index >= 15 is 0 Å². The lowest BCUT2D eigenvalue weighted by atomic mass is 9.44. The fraction of sp³-hybridized carbons (Fsp3) is 1.00. The van der Waals surface area contributed by atoms with Crippen LogP contribution in [0.1, 0.15) is 92.4 Å². The Hall–Kier alpha value is -0.560. The molecule has 0 radical (unpaired) electrons. The number of aliphatic hydroxyl groups excluding tert-OH is 8. The molecule has 53 heavy (non-hydrogen) atoms. The van der Waals surface area contributed by atoms with Gasteiger partial charge in [-0.15, -0.1) is 0 Å². The first kappa shape index (κ1) is 40.6. The molecule has 3 aliphatic heterocycles. The van der Waals surface area contributed by atoms with Gasteiger partial charge >= 0.3 is 0 Å². The molecule has 7 rings (SSSR count). The van der Waals surface area contributed by atoms with Gasteiger partial charge in [0.25, 0.3) is 0 Å². The van der Waals surface area contributed by atoms with Crippen molar-refractivity contribution in [2.24, 2.45) is 52.3 Å². The van der Waals surface area contributed by atoms with Crippen LogP contribution >= 0.6 is 0 Å². The molecule has 3 saturated heterocycles. The number of rotatable bonds is 9. The second-order valence-electron chi connectivity index (χ2n) is 18.8. The van der Waals surface area contributed by atoms with Gasteiger partial charge in [0.2, 0.25) is 0 Å². The first-order valence-electron chi connectivity index (χ1n) is 20.3. The molecule has 4 aliphatic carbocycles. The Balaban J connectivity index is 1.04. The SMILES string of the molecule is CC(C)CC[C@]1(O)O[C@@H]2[C@H](O)[C@@H]3[C@H]4CC[C@H]5C[C@@H](O[C@H]6O[C@@H](CO)[C@H](O)[C@@H](O)[C@@H]6O[C@@H]6O[C@H](CO)[C@@H](O)[C@H](O)[C@@H]6O)CC[C@@]5(C)[C@@H]4CC[C@@]3(C)[C@@H]2[C@H]1C. The van der Waals surface area contributed by atoms with Crippen molar-refractivity contribution in [1.29, 1.82) is 0 Å². The third-order valence-corrected chi connectivity index (χ3v) is 15.7. The monoisotopic (exact) mass is 758 g/mol. The van der Waals surface area contributed by atoms with Crippen molar-refractivity contribution in [3.8, 4) is 0 Å². The fourth-order valence-electron chi connectivity index (χ4n) is 12.7. The first-order chi connectivity index (χ1) is 25.0. The van der Waals surface area contributed by atoms with Crippen LogP contribution in [0.4, 0.5) is 0 Å². The molecular weight excluding hydrogens is 692 g/mol. The summed E-state index contributed by atoms with van der Waals surface area (Å²) in [5.41, 5.74) is -0.117. The van der Waals surface area contributed by atoms with Crippen LogP contribution in [0.2, 0.25) is 0 Å². The Kier molecular flexibility index (Phi) is 11.5. The minimum absolute atomic E-state index is 0.00892. The number of hydrogen-bond donors (Lipinski definition) is 9. The summed E-state index contributed by atoms with van der Waals surface area (Å²) in [4.78, 5) is 0. The van der Waals surface area contributed by atoms with E-state index in [-0.39, 0.29) is 40.8 Å². The van der Waals surface area contributed by atoms with E-state index in [2.05, 4.69) is 34.6 Å².